The molecule has 4 rings (SSSR count). The molecule has 8 nitrogen and oxygen atoms in total. The predicted octanol–water partition coefficient (Wildman–Crippen LogP) is 2.17. The van der Waals surface area contributed by atoms with Gasteiger partial charge in [0.1, 0.15) is 17.5 Å². The number of benzene rings is 1. The molecule has 2 N–H and O–H groups in total. The molecule has 1 aromatic heterocycles. The number of aliphatic hydroxyl groups is 1. The van der Waals surface area contributed by atoms with E-state index >= 15 is 0 Å². The maximum absolute atomic E-state index is 12.1. The van der Waals surface area contributed by atoms with Gasteiger partial charge in [-0.05, 0) is 50.2 Å². The number of ether oxygens (including phenoxy) is 2. The van der Waals surface area contributed by atoms with Gasteiger partial charge in [0.25, 0.3) is 0 Å². The van der Waals surface area contributed by atoms with Gasteiger partial charge in [0.2, 0.25) is 5.91 Å². The van der Waals surface area contributed by atoms with Crippen LogP contribution in [0.5, 0.6) is 5.75 Å². The van der Waals surface area contributed by atoms with Gasteiger partial charge in [-0.2, -0.15) is 0 Å². The molecule has 8 heteroatoms. The van der Waals surface area contributed by atoms with E-state index in [9.17, 15) is 9.90 Å². The molecule has 0 bridgehead atoms. The molecule has 0 spiro atoms. The fraction of sp³-hybridized carbons (Fsp3) is 0.591. The largest absolute Gasteiger partial charge is 0.497 e. The Kier molecular flexibility index (Phi) is 6.64. The lowest BCUT2D eigenvalue weighted by molar-refractivity contribution is -0.129. The topological polar surface area (TPSA) is 98.5 Å². The lowest BCUT2D eigenvalue weighted by atomic mass is 9.97. The van der Waals surface area contributed by atoms with Gasteiger partial charge < -0.3 is 19.9 Å². The molecule has 30 heavy (non-hydrogen) atoms. The van der Waals surface area contributed by atoms with Crippen molar-refractivity contribution in [1.82, 2.24) is 20.3 Å². The maximum atomic E-state index is 12.1. The monoisotopic (exact) mass is 414 g/mol. The lowest BCUT2D eigenvalue weighted by Gasteiger charge is -2.36. The Bertz CT molecular complexity index is 851. The Morgan fingerprint density at radius 1 is 1.33 bits per heavy atom. The Morgan fingerprint density at radius 2 is 2.20 bits per heavy atom. The van der Waals surface area contributed by atoms with Crippen molar-refractivity contribution in [1.29, 1.82) is 0 Å². The molecule has 2 aliphatic rings. The minimum absolute atomic E-state index is 0.0307. The second-order valence-electron chi connectivity index (χ2n) is 8.27. The Labute approximate surface area is 176 Å². The number of carbonyl (C=O) groups excluding carboxylic acids is 1. The van der Waals surface area contributed by atoms with Crippen LogP contribution in [0.2, 0.25) is 0 Å². The Morgan fingerprint density at radius 3 is 2.97 bits per heavy atom. The zero-order valence-corrected chi connectivity index (χ0v) is 17.4. The number of hydrogen-bond donors (Lipinski definition) is 2. The molecule has 1 aliphatic carbocycles. The number of aliphatic hydroxyl groups excluding tert-OH is 1. The average Bonchev–Trinajstić information content (AvgIpc) is 3.45. The highest BCUT2D eigenvalue weighted by Crippen LogP contribution is 2.32. The van der Waals surface area contributed by atoms with E-state index in [0.29, 0.717) is 18.9 Å². The van der Waals surface area contributed by atoms with Gasteiger partial charge in [0.05, 0.1) is 32.1 Å². The molecular weight excluding hydrogens is 384 g/mol. The zero-order valence-electron chi connectivity index (χ0n) is 17.4. The van der Waals surface area contributed by atoms with E-state index in [4.69, 9.17) is 9.47 Å². The van der Waals surface area contributed by atoms with Gasteiger partial charge in [-0.3, -0.25) is 9.48 Å². The third-order valence-electron chi connectivity index (χ3n) is 5.90. The Hall–Kier alpha value is -2.45. The molecule has 1 amide bonds. The fourth-order valence-corrected chi connectivity index (χ4v) is 3.96. The molecular formula is C22H30N4O4. The third kappa shape index (κ3) is 5.37. The van der Waals surface area contributed by atoms with Gasteiger partial charge in [-0.25, -0.2) is 0 Å². The van der Waals surface area contributed by atoms with Crippen molar-refractivity contribution in [3.05, 3.63) is 30.5 Å². The molecule has 1 saturated heterocycles. The summed E-state index contributed by atoms with van der Waals surface area (Å²) < 4.78 is 13.2. The minimum atomic E-state index is -0.352. The highest BCUT2D eigenvalue weighted by atomic mass is 16.5. The number of nitrogens with zero attached hydrogens (tertiary/aromatic N) is 3. The summed E-state index contributed by atoms with van der Waals surface area (Å²) in [6.45, 7) is 0.590. The summed E-state index contributed by atoms with van der Waals surface area (Å²) in [5.74, 6) is 1.42. The zero-order chi connectivity index (χ0) is 20.9. The van der Waals surface area contributed by atoms with Crippen LogP contribution in [0.15, 0.2) is 30.5 Å². The van der Waals surface area contributed by atoms with Gasteiger partial charge in [-0.1, -0.05) is 17.3 Å². The van der Waals surface area contributed by atoms with E-state index in [0.717, 1.165) is 49.1 Å². The molecule has 2 heterocycles. The smallest absolute Gasteiger partial charge is 0.220 e. The number of carbonyl (C=O) groups is 1. The van der Waals surface area contributed by atoms with Crippen LogP contribution in [0.1, 0.15) is 38.5 Å². The highest BCUT2D eigenvalue weighted by molar-refractivity contribution is 5.76. The van der Waals surface area contributed by atoms with Crippen molar-refractivity contribution in [2.24, 2.45) is 5.92 Å². The Balaban J connectivity index is 1.27. The van der Waals surface area contributed by atoms with Gasteiger partial charge in [0, 0.05) is 18.5 Å². The van der Waals surface area contributed by atoms with Gasteiger partial charge in [0.15, 0.2) is 0 Å². The number of aromatic nitrogens is 3. The minimum Gasteiger partial charge on any atom is -0.497 e. The summed E-state index contributed by atoms with van der Waals surface area (Å²) in [7, 11) is 1.64. The molecule has 162 valence electrons. The van der Waals surface area contributed by atoms with Crippen LogP contribution in [0.25, 0.3) is 11.3 Å². The summed E-state index contributed by atoms with van der Waals surface area (Å²) in [4.78, 5) is 12.1. The first kappa shape index (κ1) is 20.8. The average molecular weight is 415 g/mol. The predicted molar refractivity (Wildman–Crippen MR) is 111 cm³/mol. The molecule has 2 fully saturated rings. The van der Waals surface area contributed by atoms with Crippen molar-refractivity contribution < 1.29 is 19.4 Å². The third-order valence-corrected chi connectivity index (χ3v) is 5.90. The van der Waals surface area contributed by atoms with Crippen LogP contribution in [0, 0.1) is 5.92 Å². The number of nitrogens with one attached hydrogen (secondary N) is 1. The van der Waals surface area contributed by atoms with Crippen LogP contribution in [0.3, 0.4) is 0 Å². The van der Waals surface area contributed by atoms with Crippen molar-refractivity contribution in [2.75, 3.05) is 13.7 Å². The fourth-order valence-electron chi connectivity index (χ4n) is 3.96. The van der Waals surface area contributed by atoms with Crippen LogP contribution in [-0.4, -0.2) is 58.0 Å². The second-order valence-corrected chi connectivity index (χ2v) is 8.27. The lowest BCUT2D eigenvalue weighted by Crippen LogP contribution is -2.51. The number of rotatable bonds is 9. The van der Waals surface area contributed by atoms with E-state index in [1.54, 1.807) is 7.11 Å². The molecule has 3 atom stereocenters. The molecule has 2 aromatic rings. The number of hydrogen-bond acceptors (Lipinski definition) is 6. The van der Waals surface area contributed by atoms with Crippen LogP contribution in [-0.2, 0) is 16.1 Å². The van der Waals surface area contributed by atoms with Crippen molar-refractivity contribution in [2.45, 2.75) is 63.3 Å². The van der Waals surface area contributed by atoms with Crippen molar-refractivity contribution in [3.63, 3.8) is 0 Å². The van der Waals surface area contributed by atoms with Crippen LogP contribution >= 0.6 is 0 Å². The number of methoxy groups -OCH3 is 1. The molecule has 1 aromatic carbocycles. The van der Waals surface area contributed by atoms with Crippen LogP contribution in [0.4, 0.5) is 0 Å². The van der Waals surface area contributed by atoms with E-state index in [-0.39, 0.29) is 30.8 Å². The quantitative estimate of drug-likeness (QED) is 0.653. The summed E-state index contributed by atoms with van der Waals surface area (Å²) in [6.07, 6.45) is 6.95. The number of aryl methyl sites for hydroxylation is 1. The van der Waals surface area contributed by atoms with Gasteiger partial charge >= 0.3 is 0 Å². The standard InChI is InChI=1S/C22H30N4O4/c1-29-18-4-2-3-16(12-18)20-13-26(25-24-20)10-9-17-7-8-19(21(14-27)30-17)23-22(28)11-15-5-6-15/h2-4,12-13,15,17,19,21,27H,5-11,14H2,1H3,(H,23,28)/t17-,19-,21-/m1/s1. The normalized spacial score (nSPS) is 23.9. The van der Waals surface area contributed by atoms with E-state index in [1.165, 1.54) is 0 Å². The number of amides is 1. The summed E-state index contributed by atoms with van der Waals surface area (Å²) >= 11 is 0. The highest BCUT2D eigenvalue weighted by Gasteiger charge is 2.33. The first-order valence-corrected chi connectivity index (χ1v) is 10.7. The van der Waals surface area contributed by atoms with Gasteiger partial charge in [-0.15, -0.1) is 5.10 Å². The first-order chi connectivity index (χ1) is 14.6. The van der Waals surface area contributed by atoms with E-state index in [1.807, 2.05) is 35.1 Å². The summed E-state index contributed by atoms with van der Waals surface area (Å²) in [5, 5.41) is 21.3. The summed E-state index contributed by atoms with van der Waals surface area (Å²) in [6, 6.07) is 7.63. The maximum Gasteiger partial charge on any atom is 0.220 e. The molecule has 1 aliphatic heterocycles. The summed E-state index contributed by atoms with van der Waals surface area (Å²) in [5.41, 5.74) is 1.75. The first-order valence-electron chi connectivity index (χ1n) is 10.7. The second kappa shape index (κ2) is 9.57. The van der Waals surface area contributed by atoms with Crippen molar-refractivity contribution in [3.8, 4) is 17.0 Å². The SMILES string of the molecule is COc1cccc(-c2cn(CC[C@H]3CC[C@@H](NC(=O)CC4CC4)[C@@H](CO)O3)nn2)c1. The molecule has 1 saturated carbocycles. The van der Waals surface area contributed by atoms with Crippen molar-refractivity contribution >= 4 is 5.91 Å². The van der Waals surface area contributed by atoms with E-state index in [2.05, 4.69) is 15.6 Å². The molecule has 0 radical (unpaired) electrons. The molecule has 0 unspecified atom stereocenters. The van der Waals surface area contributed by atoms with Crippen LogP contribution < -0.4 is 10.1 Å². The van der Waals surface area contributed by atoms with E-state index < -0.39 is 0 Å².